The first kappa shape index (κ1) is 13.5. The van der Waals surface area contributed by atoms with Crippen LogP contribution in [0.4, 0.5) is 0 Å². The van der Waals surface area contributed by atoms with Gasteiger partial charge in [0.2, 0.25) is 11.8 Å². The molecule has 0 aromatic carbocycles. The number of hydrogen-bond acceptors (Lipinski definition) is 5. The first-order chi connectivity index (χ1) is 8.97. The lowest BCUT2D eigenvalue weighted by molar-refractivity contribution is -0.150. The molecule has 1 aliphatic rings. The van der Waals surface area contributed by atoms with E-state index in [9.17, 15) is 9.59 Å². The molecule has 2 rings (SSSR count). The molecule has 1 aromatic rings. The van der Waals surface area contributed by atoms with Crippen molar-refractivity contribution in [2.24, 2.45) is 11.8 Å². The van der Waals surface area contributed by atoms with Crippen LogP contribution in [0.25, 0.3) is 0 Å². The molecule has 1 fully saturated rings. The molecule has 7 nitrogen and oxygen atoms in total. The second-order valence-corrected chi connectivity index (χ2v) is 4.92. The molecule has 7 heteroatoms. The van der Waals surface area contributed by atoms with Crippen molar-refractivity contribution in [3.05, 3.63) is 11.7 Å². The predicted molar refractivity (Wildman–Crippen MR) is 64.2 cm³/mol. The summed E-state index contributed by atoms with van der Waals surface area (Å²) < 4.78 is 4.93. The first-order valence-electron chi connectivity index (χ1n) is 6.27. The third kappa shape index (κ3) is 3.10. The van der Waals surface area contributed by atoms with Gasteiger partial charge in [0.1, 0.15) is 0 Å². The number of amides is 1. The van der Waals surface area contributed by atoms with Gasteiger partial charge in [-0.25, -0.2) is 0 Å². The monoisotopic (exact) mass is 267 g/mol. The number of nitrogens with zero attached hydrogens (tertiary/aromatic N) is 3. The van der Waals surface area contributed by atoms with Crippen molar-refractivity contribution >= 4 is 11.9 Å². The van der Waals surface area contributed by atoms with Gasteiger partial charge >= 0.3 is 5.97 Å². The van der Waals surface area contributed by atoms with Gasteiger partial charge in [-0.05, 0) is 6.92 Å². The number of aryl methyl sites for hydroxylation is 2. The topological polar surface area (TPSA) is 96.5 Å². The number of hydrogen-bond donors (Lipinski definition) is 1. The molecule has 104 valence electrons. The normalized spacial score (nSPS) is 17.1. The van der Waals surface area contributed by atoms with E-state index in [4.69, 9.17) is 9.63 Å². The van der Waals surface area contributed by atoms with E-state index >= 15 is 0 Å². The molecular weight excluding hydrogens is 250 g/mol. The molecule has 19 heavy (non-hydrogen) atoms. The lowest BCUT2D eigenvalue weighted by atomic mass is 9.87. The first-order valence-corrected chi connectivity index (χ1v) is 6.27. The van der Waals surface area contributed by atoms with Gasteiger partial charge in [-0.2, -0.15) is 4.98 Å². The van der Waals surface area contributed by atoms with Gasteiger partial charge in [0.05, 0.1) is 5.92 Å². The zero-order valence-corrected chi connectivity index (χ0v) is 11.0. The molecule has 1 aromatic heterocycles. The Morgan fingerprint density at radius 2 is 2.21 bits per heavy atom. The molecule has 0 radical (unpaired) electrons. The molecule has 1 atom stereocenters. The van der Waals surface area contributed by atoms with Crippen LogP contribution in [0.5, 0.6) is 0 Å². The van der Waals surface area contributed by atoms with Crippen LogP contribution in [-0.2, 0) is 16.0 Å². The highest BCUT2D eigenvalue weighted by Crippen LogP contribution is 2.24. The minimum atomic E-state index is -0.807. The van der Waals surface area contributed by atoms with Crippen LogP contribution in [0.1, 0.15) is 25.1 Å². The summed E-state index contributed by atoms with van der Waals surface area (Å²) in [5.74, 6) is -0.124. The summed E-state index contributed by atoms with van der Waals surface area (Å²) in [6, 6.07) is 0. The van der Waals surface area contributed by atoms with E-state index in [1.54, 1.807) is 18.7 Å². The fraction of sp³-hybridized carbons (Fsp3) is 0.667. The zero-order valence-electron chi connectivity index (χ0n) is 11.0. The van der Waals surface area contributed by atoms with E-state index in [1.165, 1.54) is 0 Å². The highest BCUT2D eigenvalue weighted by Gasteiger charge is 2.36. The zero-order chi connectivity index (χ0) is 14.0. The molecule has 0 aliphatic carbocycles. The summed E-state index contributed by atoms with van der Waals surface area (Å²) in [4.78, 5) is 28.3. The Kier molecular flexibility index (Phi) is 3.82. The summed E-state index contributed by atoms with van der Waals surface area (Å²) >= 11 is 0. The molecule has 0 saturated carbocycles. The second-order valence-electron chi connectivity index (χ2n) is 4.92. The average molecular weight is 267 g/mol. The minimum absolute atomic E-state index is 0.00434. The summed E-state index contributed by atoms with van der Waals surface area (Å²) in [5.41, 5.74) is 0. The largest absolute Gasteiger partial charge is 0.481 e. The Morgan fingerprint density at radius 1 is 1.53 bits per heavy atom. The van der Waals surface area contributed by atoms with Crippen molar-refractivity contribution in [3.63, 3.8) is 0 Å². The van der Waals surface area contributed by atoms with Gasteiger partial charge in [-0.3, -0.25) is 9.59 Å². The standard InChI is InChI=1S/C12H17N3O4/c1-7(12(17)18)9-5-15(6-9)11(16)4-3-10-13-8(2)14-19-10/h7,9H,3-6H2,1-2H3,(H,17,18). The quantitative estimate of drug-likeness (QED) is 0.834. The number of likely N-dealkylation sites (tertiary alicyclic amines) is 1. The number of aliphatic carboxylic acids is 1. The van der Waals surface area contributed by atoms with Crippen molar-refractivity contribution in [1.82, 2.24) is 15.0 Å². The van der Waals surface area contributed by atoms with Gasteiger partial charge in [0.15, 0.2) is 5.82 Å². The van der Waals surface area contributed by atoms with E-state index in [-0.39, 0.29) is 11.8 Å². The highest BCUT2D eigenvalue weighted by atomic mass is 16.5. The molecule has 1 N–H and O–H groups in total. The number of carboxylic acid groups (broad SMARTS) is 1. The van der Waals surface area contributed by atoms with Crippen LogP contribution in [0.15, 0.2) is 4.52 Å². The maximum Gasteiger partial charge on any atom is 0.306 e. The van der Waals surface area contributed by atoms with Crippen LogP contribution in [0, 0.1) is 18.8 Å². The van der Waals surface area contributed by atoms with Crippen LogP contribution in [-0.4, -0.2) is 45.1 Å². The highest BCUT2D eigenvalue weighted by molar-refractivity contribution is 5.78. The van der Waals surface area contributed by atoms with Gasteiger partial charge in [-0.15, -0.1) is 0 Å². The summed E-state index contributed by atoms with van der Waals surface area (Å²) in [5, 5.41) is 12.5. The van der Waals surface area contributed by atoms with Crippen LogP contribution >= 0.6 is 0 Å². The smallest absolute Gasteiger partial charge is 0.306 e. The molecule has 1 amide bonds. The fourth-order valence-corrected chi connectivity index (χ4v) is 2.05. The third-order valence-electron chi connectivity index (χ3n) is 3.48. The van der Waals surface area contributed by atoms with Gasteiger partial charge < -0.3 is 14.5 Å². The molecule has 1 saturated heterocycles. The van der Waals surface area contributed by atoms with Gasteiger partial charge in [-0.1, -0.05) is 12.1 Å². The Bertz CT molecular complexity index is 479. The Balaban J connectivity index is 1.73. The molecule has 1 unspecified atom stereocenters. The molecular formula is C12H17N3O4. The van der Waals surface area contributed by atoms with E-state index < -0.39 is 11.9 Å². The Morgan fingerprint density at radius 3 is 2.74 bits per heavy atom. The molecule has 1 aliphatic heterocycles. The Hall–Kier alpha value is -1.92. The maximum atomic E-state index is 11.8. The Labute approximate surface area is 110 Å². The van der Waals surface area contributed by atoms with E-state index in [1.807, 2.05) is 0 Å². The van der Waals surface area contributed by atoms with Crippen molar-refractivity contribution in [2.45, 2.75) is 26.7 Å². The summed E-state index contributed by atoms with van der Waals surface area (Å²) in [6.45, 7) is 4.45. The number of aromatic nitrogens is 2. The predicted octanol–water partition coefficient (Wildman–Crippen LogP) is 0.490. The van der Waals surface area contributed by atoms with E-state index in [0.717, 1.165) is 0 Å². The second kappa shape index (κ2) is 5.38. The van der Waals surface area contributed by atoms with Crippen molar-refractivity contribution in [2.75, 3.05) is 13.1 Å². The lowest BCUT2D eigenvalue weighted by Gasteiger charge is -2.41. The van der Waals surface area contributed by atoms with Gasteiger partial charge in [0.25, 0.3) is 0 Å². The van der Waals surface area contributed by atoms with Crippen molar-refractivity contribution < 1.29 is 19.2 Å². The summed E-state index contributed by atoms with van der Waals surface area (Å²) in [7, 11) is 0. The van der Waals surface area contributed by atoms with Crippen LogP contribution in [0.3, 0.4) is 0 Å². The maximum absolute atomic E-state index is 11.8. The third-order valence-corrected chi connectivity index (χ3v) is 3.48. The number of rotatable bonds is 5. The van der Waals surface area contributed by atoms with Crippen LogP contribution in [0.2, 0.25) is 0 Å². The number of carbonyl (C=O) groups excluding carboxylic acids is 1. The SMILES string of the molecule is Cc1noc(CCC(=O)N2CC(C(C)C(=O)O)C2)n1. The molecule has 0 spiro atoms. The van der Waals surface area contributed by atoms with Crippen molar-refractivity contribution in [1.29, 1.82) is 0 Å². The van der Waals surface area contributed by atoms with E-state index in [2.05, 4.69) is 10.1 Å². The van der Waals surface area contributed by atoms with Crippen LogP contribution < -0.4 is 0 Å². The number of carbonyl (C=O) groups is 2. The molecule has 2 heterocycles. The minimum Gasteiger partial charge on any atom is -0.481 e. The summed E-state index contributed by atoms with van der Waals surface area (Å²) in [6.07, 6.45) is 0.741. The van der Waals surface area contributed by atoms with E-state index in [0.29, 0.717) is 37.6 Å². The average Bonchev–Trinajstić information content (AvgIpc) is 2.70. The van der Waals surface area contributed by atoms with Crippen molar-refractivity contribution in [3.8, 4) is 0 Å². The van der Waals surface area contributed by atoms with Gasteiger partial charge in [0, 0.05) is 31.8 Å². The fourth-order valence-electron chi connectivity index (χ4n) is 2.05. The number of carboxylic acids is 1. The lowest BCUT2D eigenvalue weighted by Crippen LogP contribution is -2.53. The molecule has 0 bridgehead atoms.